The fourth-order valence-electron chi connectivity index (χ4n) is 16.5. The molecule has 5 saturated heterocycles. The number of unbranched alkanes of at least 4 members (excludes halogenated alkanes) is 2. The fraction of sp³-hybridized carbons (Fsp3) is 0.488. The second-order valence-electron chi connectivity index (χ2n) is 31.6. The van der Waals surface area contributed by atoms with Gasteiger partial charge in [0.2, 0.25) is 35.4 Å². The number of pyridine rings is 1. The van der Waals surface area contributed by atoms with Crippen LogP contribution in [0.5, 0.6) is 17.5 Å². The summed E-state index contributed by atoms with van der Waals surface area (Å²) < 4.78 is 39.9. The van der Waals surface area contributed by atoms with Crippen LogP contribution in [-0.4, -0.2) is 219 Å². The fourth-order valence-corrected chi connectivity index (χ4v) is 17.3. The molecule has 10 heterocycles. The molecule has 6 fully saturated rings. The van der Waals surface area contributed by atoms with Gasteiger partial charge in [-0.15, -0.1) is 21.5 Å². The number of β-amino-alcohol motifs (C(OH)–C–C–N with tert-alkyl or cyclic N) is 1. The number of aryl methyl sites for hydroxylation is 1. The van der Waals surface area contributed by atoms with E-state index in [0.29, 0.717) is 124 Å². The summed E-state index contributed by atoms with van der Waals surface area (Å²) in [6.07, 6.45) is 9.75. The predicted molar refractivity (Wildman–Crippen MR) is 437 cm³/mol. The number of fused-ring (bicyclic) bond motifs is 4. The number of aromatic nitrogens is 5. The number of nitrogen functional groups attached to an aromatic ring is 1. The predicted octanol–water partition coefficient (Wildman–Crippen LogP) is 7.80. The van der Waals surface area contributed by atoms with E-state index in [-0.39, 0.29) is 117 Å². The number of hydrogen-bond donors (Lipinski definition) is 8. The Kier molecular flexibility index (Phi) is 27.4. The second-order valence-corrected chi connectivity index (χ2v) is 32.4. The molecule has 0 spiro atoms. The Hall–Kier alpha value is -11.2. The van der Waals surface area contributed by atoms with Gasteiger partial charge in [-0.3, -0.25) is 48.3 Å². The zero-order valence-electron chi connectivity index (χ0n) is 66.8. The molecule has 2 bridgehead atoms. The van der Waals surface area contributed by atoms with Crippen molar-refractivity contribution >= 4 is 81.6 Å². The lowest BCUT2D eigenvalue weighted by molar-refractivity contribution is -0.151. The Morgan fingerprint density at radius 3 is 2.23 bits per heavy atom. The van der Waals surface area contributed by atoms with Crippen LogP contribution in [0.3, 0.4) is 0 Å². The molecule has 6 aliphatic heterocycles. The molecule has 9 amide bonds. The van der Waals surface area contributed by atoms with Crippen molar-refractivity contribution in [2.45, 2.75) is 167 Å². The van der Waals surface area contributed by atoms with Gasteiger partial charge in [0.05, 0.1) is 39.6 Å². The number of anilines is 4. The first-order chi connectivity index (χ1) is 56.4. The van der Waals surface area contributed by atoms with E-state index < -0.39 is 59.1 Å². The molecule has 7 aromatic rings. The third-order valence-electron chi connectivity index (χ3n) is 23.2. The number of nitrogens with zero attached hydrogens (tertiary/aromatic N) is 11. The summed E-state index contributed by atoms with van der Waals surface area (Å²) >= 11 is 1.58. The molecule has 31 nitrogen and oxygen atoms in total. The van der Waals surface area contributed by atoms with Crippen LogP contribution in [0.2, 0.25) is 0 Å². The quantitative estimate of drug-likeness (QED) is 0.0105. The third kappa shape index (κ3) is 20.5. The smallest absolute Gasteiger partial charge is 0.312 e. The van der Waals surface area contributed by atoms with E-state index in [2.05, 4.69) is 78.4 Å². The van der Waals surface area contributed by atoms with E-state index in [4.69, 9.17) is 30.2 Å². The SMILES string of the molecule is Cc1ncsc1-c1ccc([C@H](C)NC(=O)[C@@H]2C[C@@H](O)CN2C(=O)[C@@H](c2cc(OCCN3CCN(CCOc4cc(N5CC6CCCC5CN6c5cc(-c6cc(F)ccc6OCc6ccc(NC(=O)[C@H](CCCNC(N)=O)NC(=O)C7(C(=O)NCCCCCN8C(=O)C=CC8=O)CCC7)cc6)nnc5N)ccn4)[C@H](C)C3)no2)C(C)C)cc1. The van der Waals surface area contributed by atoms with Crippen LogP contribution in [-0.2, 0) is 40.2 Å². The summed E-state index contributed by atoms with van der Waals surface area (Å²) in [6.45, 7) is 16.6. The number of amides is 9. The van der Waals surface area contributed by atoms with E-state index in [1.165, 1.54) is 34.1 Å². The van der Waals surface area contributed by atoms with Gasteiger partial charge in [-0.25, -0.2) is 19.2 Å². The number of nitrogens with one attached hydrogen (secondary N) is 5. The van der Waals surface area contributed by atoms with Crippen LogP contribution in [0.15, 0.2) is 119 Å². The Labute approximate surface area is 683 Å². The lowest BCUT2D eigenvalue weighted by atomic mass is 9.67. The molecule has 4 aromatic heterocycles. The number of carbonyl (C=O) groups excluding carboxylic acids is 8. The van der Waals surface area contributed by atoms with E-state index in [1.54, 1.807) is 53.9 Å². The number of piperazine rings is 2. The van der Waals surface area contributed by atoms with E-state index in [1.807, 2.05) is 75.7 Å². The number of urea groups is 1. The topological polar surface area (TPSA) is 394 Å². The second kappa shape index (κ2) is 38.3. The summed E-state index contributed by atoms with van der Waals surface area (Å²) in [4.78, 5) is 127. The van der Waals surface area contributed by atoms with Crippen molar-refractivity contribution in [2.75, 3.05) is 106 Å². The number of aliphatic hydroxyl groups excluding tert-OH is 1. The molecular weight excluding hydrogens is 1520 g/mol. The van der Waals surface area contributed by atoms with Crippen LogP contribution in [0.25, 0.3) is 21.7 Å². The lowest BCUT2D eigenvalue weighted by Gasteiger charge is -2.46. The molecular formula is C84H105FN18O13S. The van der Waals surface area contributed by atoms with Gasteiger partial charge in [-0.05, 0) is 155 Å². The number of benzene rings is 3. The first-order valence-electron chi connectivity index (χ1n) is 40.5. The van der Waals surface area contributed by atoms with Crippen molar-refractivity contribution in [1.29, 1.82) is 0 Å². The minimum Gasteiger partial charge on any atom is -0.488 e. The Morgan fingerprint density at radius 2 is 1.50 bits per heavy atom. The summed E-state index contributed by atoms with van der Waals surface area (Å²) in [6, 6.07) is 24.0. The maximum Gasteiger partial charge on any atom is 0.312 e. The largest absolute Gasteiger partial charge is 0.488 e. The number of primary amides is 1. The van der Waals surface area contributed by atoms with E-state index in [0.717, 1.165) is 66.3 Å². The summed E-state index contributed by atoms with van der Waals surface area (Å²) in [5.41, 5.74) is 18.9. The summed E-state index contributed by atoms with van der Waals surface area (Å²) in [7, 11) is 0. The van der Waals surface area contributed by atoms with Gasteiger partial charge in [0.25, 0.3) is 17.7 Å². The first kappa shape index (κ1) is 83.8. The van der Waals surface area contributed by atoms with Crippen LogP contribution in [0.4, 0.5) is 32.1 Å². The highest BCUT2D eigenvalue weighted by Crippen LogP contribution is 2.43. The third-order valence-corrected chi connectivity index (χ3v) is 24.2. The molecule has 2 unspecified atom stereocenters. The molecule has 1 saturated carbocycles. The normalized spacial score (nSPS) is 20.0. The van der Waals surface area contributed by atoms with Gasteiger partial charge in [0, 0.05) is 144 Å². The number of ether oxygens (including phenoxy) is 3. The number of aliphatic hydroxyl groups is 1. The first-order valence-corrected chi connectivity index (χ1v) is 41.4. The van der Waals surface area contributed by atoms with Crippen LogP contribution in [0, 0.1) is 24.1 Å². The lowest BCUT2D eigenvalue weighted by Crippen LogP contribution is -2.58. The molecule has 3 aromatic carbocycles. The number of rotatable bonds is 36. The van der Waals surface area contributed by atoms with Crippen molar-refractivity contribution < 1.29 is 66.6 Å². The maximum atomic E-state index is 15.3. The van der Waals surface area contributed by atoms with Crippen LogP contribution in [0.1, 0.15) is 139 Å². The van der Waals surface area contributed by atoms with Crippen molar-refractivity contribution in [3.63, 3.8) is 0 Å². The zero-order valence-corrected chi connectivity index (χ0v) is 67.6. The Balaban J connectivity index is 0.553. The number of hydrogen-bond acceptors (Lipinski definition) is 24. The number of carbonyl (C=O) groups is 8. The average Bonchev–Trinajstić information content (AvgIpc) is 1.76. The molecule has 1 aliphatic carbocycles. The molecule has 7 aliphatic rings. The van der Waals surface area contributed by atoms with E-state index >= 15 is 4.39 Å². The van der Waals surface area contributed by atoms with Gasteiger partial charge >= 0.3 is 6.03 Å². The minimum atomic E-state index is -1.37. The molecule has 8 atom stereocenters. The minimum absolute atomic E-state index is 0.0228. The van der Waals surface area contributed by atoms with Crippen molar-refractivity contribution in [3.8, 4) is 39.2 Å². The van der Waals surface area contributed by atoms with Crippen LogP contribution < -0.4 is 62.1 Å². The number of imide groups is 1. The van der Waals surface area contributed by atoms with Crippen LogP contribution >= 0.6 is 11.3 Å². The van der Waals surface area contributed by atoms with Gasteiger partial charge in [-0.1, -0.05) is 56.7 Å². The van der Waals surface area contributed by atoms with Crippen molar-refractivity contribution in [2.24, 2.45) is 17.1 Å². The van der Waals surface area contributed by atoms with Gasteiger partial charge in [-0.2, -0.15) is 0 Å². The van der Waals surface area contributed by atoms with Gasteiger partial charge in [0.15, 0.2) is 11.6 Å². The highest BCUT2D eigenvalue weighted by Gasteiger charge is 2.52. The van der Waals surface area contributed by atoms with E-state index in [9.17, 15) is 43.5 Å². The summed E-state index contributed by atoms with van der Waals surface area (Å²) in [5.74, 6) is -2.66. The van der Waals surface area contributed by atoms with Gasteiger partial charge in [0.1, 0.15) is 54.8 Å². The highest BCUT2D eigenvalue weighted by molar-refractivity contribution is 7.13. The number of halogens is 1. The highest BCUT2D eigenvalue weighted by atomic mass is 32.1. The number of likely N-dealkylation sites (tertiary alicyclic amines) is 1. The molecule has 33 heteroatoms. The zero-order chi connectivity index (χ0) is 82.4. The standard InChI is InChI=1S/C84H105FN18O13S/c1-51(2)75(80(109)103-48-63(104)42-68(103)79(108)92-53(4)56-17-19-57(20-18-56)76-54(5)91-50-117-76)70-44-72(97-116-70)114-38-36-98-34-35-99(52(3)45-98)37-39-113-71-41-60(27-32-88-71)101-46-62-13-9-12-61(101)47-102(62)67-43-66(95-96-77(67)86)64-40-58(85)21-24-69(64)115-49-55-15-22-59(23-16-55)93-78(107)65(14-10-31-90-83(87)112)94-82(111)84(28-11-29-84)81(110)89-30-7-6-8-33-100-73(105)25-26-74(100)106/h15-27,32,40-41,43-44,50-53,61-63,65,68,75,104H,6-14,28-31,33-39,42,45-49H2,1-5H3,(H2,86,96)(H,89,110)(H,92,108)(H,93,107)(H,94,111)(H3,87,90,112)/t52-,53+,61?,62?,63-,65+,68+,75-/m1/s1. The van der Waals surface area contributed by atoms with Crippen molar-refractivity contribution in [3.05, 3.63) is 143 Å². The molecule has 10 N–H and O–H groups in total. The van der Waals surface area contributed by atoms with Crippen molar-refractivity contribution in [1.82, 2.24) is 66.2 Å². The molecule has 0 radical (unpaired) electrons. The Bertz CT molecular complexity index is 4700. The molecule has 14 rings (SSSR count). The Morgan fingerprint density at radius 1 is 0.761 bits per heavy atom. The number of nitrogens with two attached hydrogens (primary N) is 2. The monoisotopic (exact) mass is 1620 g/mol. The molecule has 622 valence electrons. The molecule has 117 heavy (non-hydrogen) atoms. The summed E-state index contributed by atoms with van der Waals surface area (Å²) in [5, 5.41) is 38.1. The average molecular weight is 1630 g/mol. The van der Waals surface area contributed by atoms with Gasteiger partial charge < -0.3 is 76.6 Å². The number of thiazole rings is 1. The maximum absolute atomic E-state index is 15.3.